The van der Waals surface area contributed by atoms with Gasteiger partial charge in [0.15, 0.2) is 0 Å². The predicted octanol–water partition coefficient (Wildman–Crippen LogP) is 3.41. The number of hydrogen-bond acceptors (Lipinski definition) is 4. The molecule has 1 amide bonds. The molecule has 0 atom stereocenters. The number of amides is 1. The molecule has 1 aliphatic rings. The number of rotatable bonds is 2. The molecule has 3 aromatic rings. The highest BCUT2D eigenvalue weighted by Gasteiger charge is 2.24. The van der Waals surface area contributed by atoms with Crippen molar-refractivity contribution >= 4 is 23.2 Å². The van der Waals surface area contributed by atoms with Gasteiger partial charge in [-0.05, 0) is 18.2 Å². The lowest BCUT2D eigenvalue weighted by atomic mass is 10.1. The van der Waals surface area contributed by atoms with Crippen LogP contribution >= 0.6 is 0 Å². The molecule has 24 heavy (non-hydrogen) atoms. The number of hydrogen-bond donors (Lipinski definition) is 1. The van der Waals surface area contributed by atoms with Crippen LogP contribution in [0.2, 0.25) is 0 Å². The van der Waals surface area contributed by atoms with Gasteiger partial charge >= 0.3 is 0 Å². The fraction of sp³-hybridized carbons (Fsp3) is 0.105. The minimum atomic E-state index is 0.0357. The Hall–Kier alpha value is -3.21. The van der Waals surface area contributed by atoms with Gasteiger partial charge in [0.2, 0.25) is 11.9 Å². The molecule has 0 unspecified atom stereocenters. The molecule has 0 saturated carbocycles. The standard InChI is InChI=1S/C19H16N4O/c1-23-16-10-6-5-9-15(16)18-13(11-17(23)24)12-20-19(22-18)21-14-7-3-2-4-8-14/h2-10,12H,11H2,1H3,(H,20,21,22). The molecule has 1 aliphatic heterocycles. The van der Waals surface area contributed by atoms with Crippen molar-refractivity contribution in [3.8, 4) is 11.3 Å². The van der Waals surface area contributed by atoms with E-state index in [1.807, 2.05) is 54.6 Å². The number of anilines is 3. The van der Waals surface area contributed by atoms with Crippen LogP contribution in [0.3, 0.4) is 0 Å². The van der Waals surface area contributed by atoms with E-state index >= 15 is 0 Å². The summed E-state index contributed by atoms with van der Waals surface area (Å²) in [6.45, 7) is 0. The Morgan fingerprint density at radius 2 is 1.79 bits per heavy atom. The molecule has 0 aliphatic carbocycles. The molecule has 5 nitrogen and oxygen atoms in total. The number of nitrogens with zero attached hydrogens (tertiary/aromatic N) is 3. The Kier molecular flexibility index (Phi) is 3.46. The quantitative estimate of drug-likeness (QED) is 0.787. The zero-order valence-electron chi connectivity index (χ0n) is 13.2. The van der Waals surface area contributed by atoms with E-state index < -0.39 is 0 Å². The summed E-state index contributed by atoms with van der Waals surface area (Å²) in [4.78, 5) is 23.1. The highest BCUT2D eigenvalue weighted by atomic mass is 16.2. The number of fused-ring (bicyclic) bond motifs is 3. The first-order valence-corrected chi connectivity index (χ1v) is 7.76. The van der Waals surface area contributed by atoms with Crippen molar-refractivity contribution in [1.82, 2.24) is 9.97 Å². The molecular weight excluding hydrogens is 300 g/mol. The van der Waals surface area contributed by atoms with E-state index in [1.165, 1.54) is 0 Å². The van der Waals surface area contributed by atoms with E-state index in [9.17, 15) is 4.79 Å². The lowest BCUT2D eigenvalue weighted by Gasteiger charge is -2.16. The number of para-hydroxylation sites is 2. The second kappa shape index (κ2) is 5.77. The third-order valence-electron chi connectivity index (χ3n) is 4.13. The summed E-state index contributed by atoms with van der Waals surface area (Å²) in [7, 11) is 1.80. The van der Waals surface area contributed by atoms with Gasteiger partial charge in [-0.15, -0.1) is 0 Å². The number of likely N-dealkylation sites (N-methyl/N-ethyl adjacent to an activating group) is 1. The zero-order valence-corrected chi connectivity index (χ0v) is 13.2. The van der Waals surface area contributed by atoms with Crippen LogP contribution in [0.4, 0.5) is 17.3 Å². The number of carbonyl (C=O) groups excluding carboxylic acids is 1. The Labute approximate surface area is 140 Å². The van der Waals surface area contributed by atoms with E-state index in [0.717, 1.165) is 28.2 Å². The Morgan fingerprint density at radius 1 is 1.04 bits per heavy atom. The molecule has 2 heterocycles. The number of nitrogens with one attached hydrogen (secondary N) is 1. The normalized spacial score (nSPS) is 13.0. The summed E-state index contributed by atoms with van der Waals surface area (Å²) in [6.07, 6.45) is 2.04. The maximum atomic E-state index is 12.4. The smallest absolute Gasteiger partial charge is 0.231 e. The van der Waals surface area contributed by atoms with Gasteiger partial charge in [0.05, 0.1) is 17.8 Å². The molecule has 0 spiro atoms. The largest absolute Gasteiger partial charge is 0.324 e. The van der Waals surface area contributed by atoms with Crippen molar-refractivity contribution in [3.05, 3.63) is 66.4 Å². The maximum absolute atomic E-state index is 12.4. The minimum absolute atomic E-state index is 0.0357. The third kappa shape index (κ3) is 2.50. The molecule has 0 fully saturated rings. The Morgan fingerprint density at radius 3 is 2.62 bits per heavy atom. The summed E-state index contributed by atoms with van der Waals surface area (Å²) < 4.78 is 0. The van der Waals surface area contributed by atoms with E-state index in [0.29, 0.717) is 12.4 Å². The van der Waals surface area contributed by atoms with E-state index in [4.69, 9.17) is 0 Å². The Balaban J connectivity index is 1.82. The van der Waals surface area contributed by atoms with Gasteiger partial charge in [0.1, 0.15) is 0 Å². The molecule has 0 bridgehead atoms. The Bertz CT molecular complexity index is 908. The van der Waals surface area contributed by atoms with Crippen LogP contribution in [0.1, 0.15) is 5.56 Å². The van der Waals surface area contributed by atoms with Crippen LogP contribution in [0.25, 0.3) is 11.3 Å². The highest BCUT2D eigenvalue weighted by molar-refractivity contribution is 6.01. The molecule has 1 aromatic heterocycles. The van der Waals surface area contributed by atoms with Crippen LogP contribution in [0.5, 0.6) is 0 Å². The van der Waals surface area contributed by atoms with Crippen LogP contribution in [-0.2, 0) is 11.2 Å². The highest BCUT2D eigenvalue weighted by Crippen LogP contribution is 2.35. The van der Waals surface area contributed by atoms with Crippen LogP contribution in [0, 0.1) is 0 Å². The van der Waals surface area contributed by atoms with Crippen LogP contribution in [-0.4, -0.2) is 22.9 Å². The van der Waals surface area contributed by atoms with Gasteiger partial charge in [-0.3, -0.25) is 4.79 Å². The molecule has 1 N–H and O–H groups in total. The van der Waals surface area contributed by atoms with E-state index in [2.05, 4.69) is 15.3 Å². The van der Waals surface area contributed by atoms with E-state index in [1.54, 1.807) is 18.1 Å². The van der Waals surface area contributed by atoms with Gasteiger partial charge < -0.3 is 10.2 Å². The summed E-state index contributed by atoms with van der Waals surface area (Å²) in [5.41, 5.74) is 4.38. The topological polar surface area (TPSA) is 58.1 Å². The van der Waals surface area contributed by atoms with Gasteiger partial charge in [-0.2, -0.15) is 0 Å². The minimum Gasteiger partial charge on any atom is -0.324 e. The fourth-order valence-electron chi connectivity index (χ4n) is 2.86. The first-order valence-electron chi connectivity index (χ1n) is 7.76. The number of aromatic nitrogens is 2. The zero-order chi connectivity index (χ0) is 16.5. The first-order chi connectivity index (χ1) is 11.7. The first kappa shape index (κ1) is 14.4. The van der Waals surface area contributed by atoms with Gasteiger partial charge in [-0.1, -0.05) is 36.4 Å². The van der Waals surface area contributed by atoms with Crippen molar-refractivity contribution in [3.63, 3.8) is 0 Å². The molecule has 2 aromatic carbocycles. The van der Waals surface area contributed by atoms with Gasteiger partial charge in [-0.25, -0.2) is 9.97 Å². The third-order valence-corrected chi connectivity index (χ3v) is 4.13. The van der Waals surface area contributed by atoms with Crippen molar-refractivity contribution in [2.75, 3.05) is 17.3 Å². The summed E-state index contributed by atoms with van der Waals surface area (Å²) in [5, 5.41) is 3.21. The predicted molar refractivity (Wildman–Crippen MR) is 94.3 cm³/mol. The molecule has 118 valence electrons. The molecule has 4 rings (SSSR count). The molecule has 0 radical (unpaired) electrons. The monoisotopic (exact) mass is 316 g/mol. The van der Waals surface area contributed by atoms with Crippen LogP contribution < -0.4 is 10.2 Å². The lowest BCUT2D eigenvalue weighted by Crippen LogP contribution is -2.26. The number of benzene rings is 2. The van der Waals surface area contributed by atoms with Gasteiger partial charge in [0.25, 0.3) is 0 Å². The van der Waals surface area contributed by atoms with E-state index in [-0.39, 0.29) is 5.91 Å². The average molecular weight is 316 g/mol. The lowest BCUT2D eigenvalue weighted by molar-refractivity contribution is -0.117. The number of carbonyl (C=O) groups is 1. The van der Waals surface area contributed by atoms with Crippen molar-refractivity contribution in [2.24, 2.45) is 0 Å². The molecular formula is C19H16N4O. The summed E-state index contributed by atoms with van der Waals surface area (Å²) in [6, 6.07) is 17.6. The average Bonchev–Trinajstić information content (AvgIpc) is 2.72. The van der Waals surface area contributed by atoms with Crippen molar-refractivity contribution in [1.29, 1.82) is 0 Å². The summed E-state index contributed by atoms with van der Waals surface area (Å²) in [5.74, 6) is 0.556. The second-order valence-electron chi connectivity index (χ2n) is 5.71. The molecule has 0 saturated heterocycles. The SMILES string of the molecule is CN1C(=O)Cc2cnc(Nc3ccccc3)nc2-c2ccccc21. The fourth-order valence-corrected chi connectivity index (χ4v) is 2.86. The van der Waals surface area contributed by atoms with Crippen molar-refractivity contribution < 1.29 is 4.79 Å². The van der Waals surface area contributed by atoms with Gasteiger partial charge in [0, 0.05) is 30.1 Å². The van der Waals surface area contributed by atoms with Crippen LogP contribution in [0.15, 0.2) is 60.8 Å². The second-order valence-corrected chi connectivity index (χ2v) is 5.71. The maximum Gasteiger partial charge on any atom is 0.231 e. The van der Waals surface area contributed by atoms with Crippen molar-refractivity contribution in [2.45, 2.75) is 6.42 Å². The summed E-state index contributed by atoms with van der Waals surface area (Å²) >= 11 is 0. The molecule has 5 heteroatoms.